The van der Waals surface area contributed by atoms with Crippen LogP contribution in [0.1, 0.15) is 38.3 Å². The molecule has 0 radical (unpaired) electrons. The molecule has 82 valence electrons. The zero-order chi connectivity index (χ0) is 11.1. The fourth-order valence-electron chi connectivity index (χ4n) is 1.71. The van der Waals surface area contributed by atoms with E-state index < -0.39 is 0 Å². The summed E-state index contributed by atoms with van der Waals surface area (Å²) in [5.41, 5.74) is 1.22. The van der Waals surface area contributed by atoms with E-state index in [1.54, 1.807) is 0 Å². The van der Waals surface area contributed by atoms with Gasteiger partial charge in [-0.15, -0.1) is 0 Å². The van der Waals surface area contributed by atoms with Crippen LogP contribution in [0.4, 0.5) is 0 Å². The number of hydrogen-bond donors (Lipinski definition) is 1. The number of carbonyl (C=O) groups is 1. The summed E-state index contributed by atoms with van der Waals surface area (Å²) in [5.74, 6) is 0.368. The van der Waals surface area contributed by atoms with Crippen molar-refractivity contribution in [3.05, 3.63) is 35.9 Å². The van der Waals surface area contributed by atoms with Crippen LogP contribution < -0.4 is 5.32 Å². The van der Waals surface area contributed by atoms with Gasteiger partial charge in [0.15, 0.2) is 0 Å². The smallest absolute Gasteiger partial charge is 0.136 e. The Morgan fingerprint density at radius 3 is 2.47 bits per heavy atom. The van der Waals surface area contributed by atoms with E-state index in [1.807, 2.05) is 32.0 Å². The first-order valence-corrected chi connectivity index (χ1v) is 5.66. The Hall–Kier alpha value is -1.15. The lowest BCUT2D eigenvalue weighted by Gasteiger charge is -2.22. The van der Waals surface area contributed by atoms with E-state index >= 15 is 0 Å². The van der Waals surface area contributed by atoms with Gasteiger partial charge in [-0.3, -0.25) is 4.79 Å². The van der Waals surface area contributed by atoms with E-state index in [0.717, 1.165) is 6.54 Å². The molecular weight excluding hydrogens is 186 g/mol. The van der Waals surface area contributed by atoms with E-state index in [2.05, 4.69) is 17.4 Å². The lowest BCUT2D eigenvalue weighted by Crippen LogP contribution is -2.31. The average Bonchev–Trinajstić information content (AvgIpc) is 2.33. The zero-order valence-electron chi connectivity index (χ0n) is 9.49. The van der Waals surface area contributed by atoms with Crippen molar-refractivity contribution in [2.75, 3.05) is 6.54 Å². The van der Waals surface area contributed by atoms with Crippen LogP contribution in [-0.2, 0) is 4.79 Å². The molecule has 0 aliphatic carbocycles. The lowest BCUT2D eigenvalue weighted by molar-refractivity contribution is -0.120. The second-order valence-electron chi connectivity index (χ2n) is 3.41. The Balaban J connectivity index is 0.000000531. The van der Waals surface area contributed by atoms with Crippen molar-refractivity contribution >= 4 is 5.78 Å². The molecule has 0 amide bonds. The highest BCUT2D eigenvalue weighted by Gasteiger charge is 2.19. The Bertz CT molecular complexity index is 295. The van der Waals surface area contributed by atoms with Crippen LogP contribution in [-0.4, -0.2) is 12.3 Å². The number of Topliss-reactive ketones (excluding diaryl/α,β-unsaturated/α-hetero) is 1. The second kappa shape index (κ2) is 6.36. The van der Waals surface area contributed by atoms with Crippen molar-refractivity contribution in [3.8, 4) is 0 Å². The second-order valence-corrected chi connectivity index (χ2v) is 3.41. The molecule has 15 heavy (non-hydrogen) atoms. The van der Waals surface area contributed by atoms with Crippen LogP contribution in [0.15, 0.2) is 30.3 Å². The first-order valence-electron chi connectivity index (χ1n) is 5.66. The molecule has 0 aromatic heterocycles. The molecule has 1 aliphatic heterocycles. The van der Waals surface area contributed by atoms with Gasteiger partial charge in [0.05, 0.1) is 0 Å². The van der Waals surface area contributed by atoms with Crippen molar-refractivity contribution in [3.63, 3.8) is 0 Å². The minimum absolute atomic E-state index is 0.238. The number of benzene rings is 1. The van der Waals surface area contributed by atoms with Crippen molar-refractivity contribution in [1.82, 2.24) is 5.32 Å². The van der Waals surface area contributed by atoms with Crippen molar-refractivity contribution in [2.45, 2.75) is 32.7 Å². The standard InChI is InChI=1S/C11H13NO.C2H6/c13-10-6-7-12-11(8-10)9-4-2-1-3-5-9;1-2/h1-5,11-12H,6-8H2;1-2H3. The molecule has 1 heterocycles. The van der Waals surface area contributed by atoms with Crippen LogP contribution in [0, 0.1) is 0 Å². The van der Waals surface area contributed by atoms with Gasteiger partial charge >= 0.3 is 0 Å². The summed E-state index contributed by atoms with van der Waals surface area (Å²) < 4.78 is 0. The SMILES string of the molecule is CC.O=C1CCNC(c2ccccc2)C1. The van der Waals surface area contributed by atoms with Gasteiger partial charge in [-0.25, -0.2) is 0 Å². The molecule has 1 aromatic rings. The predicted octanol–water partition coefficient (Wildman–Crippen LogP) is 2.71. The molecule has 1 fully saturated rings. The maximum Gasteiger partial charge on any atom is 0.136 e. The molecule has 1 saturated heterocycles. The van der Waals surface area contributed by atoms with E-state index in [0.29, 0.717) is 18.6 Å². The molecule has 2 nitrogen and oxygen atoms in total. The Morgan fingerprint density at radius 2 is 1.87 bits per heavy atom. The van der Waals surface area contributed by atoms with Crippen LogP contribution in [0.25, 0.3) is 0 Å². The Labute approximate surface area is 91.7 Å². The van der Waals surface area contributed by atoms with Gasteiger partial charge in [0.1, 0.15) is 5.78 Å². The summed E-state index contributed by atoms with van der Waals surface area (Å²) in [7, 11) is 0. The molecule has 1 unspecified atom stereocenters. The van der Waals surface area contributed by atoms with Crippen molar-refractivity contribution < 1.29 is 4.79 Å². The predicted molar refractivity (Wildman–Crippen MR) is 62.8 cm³/mol. The number of ketones is 1. The largest absolute Gasteiger partial charge is 0.309 e. The minimum atomic E-state index is 0.238. The molecule has 0 bridgehead atoms. The van der Waals surface area contributed by atoms with Gasteiger partial charge in [-0.1, -0.05) is 44.2 Å². The average molecular weight is 205 g/mol. The summed E-state index contributed by atoms with van der Waals surface area (Å²) in [6, 6.07) is 10.4. The summed E-state index contributed by atoms with van der Waals surface area (Å²) >= 11 is 0. The first-order chi connectivity index (χ1) is 7.36. The van der Waals surface area contributed by atoms with E-state index in [9.17, 15) is 4.79 Å². The zero-order valence-corrected chi connectivity index (χ0v) is 9.49. The Morgan fingerprint density at radius 1 is 1.20 bits per heavy atom. The van der Waals surface area contributed by atoms with E-state index in [1.165, 1.54) is 5.56 Å². The third kappa shape index (κ3) is 3.48. The van der Waals surface area contributed by atoms with Crippen LogP contribution in [0.2, 0.25) is 0 Å². The molecule has 2 rings (SSSR count). The fourth-order valence-corrected chi connectivity index (χ4v) is 1.71. The maximum absolute atomic E-state index is 11.2. The number of carbonyl (C=O) groups excluding carboxylic acids is 1. The van der Waals surface area contributed by atoms with Gasteiger partial charge in [-0.05, 0) is 5.56 Å². The molecular formula is C13H19NO. The highest BCUT2D eigenvalue weighted by Crippen LogP contribution is 2.20. The molecule has 1 aromatic carbocycles. The monoisotopic (exact) mass is 205 g/mol. The van der Waals surface area contributed by atoms with Gasteiger partial charge < -0.3 is 5.32 Å². The number of piperidine rings is 1. The summed E-state index contributed by atoms with van der Waals surface area (Å²) in [6.45, 7) is 4.82. The topological polar surface area (TPSA) is 29.1 Å². The molecule has 0 saturated carbocycles. The quantitative estimate of drug-likeness (QED) is 0.763. The molecule has 1 N–H and O–H groups in total. The molecule has 1 atom stereocenters. The van der Waals surface area contributed by atoms with Crippen LogP contribution in [0.5, 0.6) is 0 Å². The number of nitrogens with one attached hydrogen (secondary N) is 1. The highest BCUT2D eigenvalue weighted by atomic mass is 16.1. The molecule has 2 heteroatoms. The highest BCUT2D eigenvalue weighted by molar-refractivity contribution is 5.80. The summed E-state index contributed by atoms with van der Waals surface area (Å²) in [4.78, 5) is 11.2. The third-order valence-corrected chi connectivity index (χ3v) is 2.43. The van der Waals surface area contributed by atoms with Crippen LogP contribution in [0.3, 0.4) is 0 Å². The van der Waals surface area contributed by atoms with Crippen LogP contribution >= 0.6 is 0 Å². The van der Waals surface area contributed by atoms with E-state index in [-0.39, 0.29) is 6.04 Å². The fraction of sp³-hybridized carbons (Fsp3) is 0.462. The van der Waals surface area contributed by atoms with Gasteiger partial charge in [0.25, 0.3) is 0 Å². The van der Waals surface area contributed by atoms with E-state index in [4.69, 9.17) is 0 Å². The summed E-state index contributed by atoms with van der Waals surface area (Å²) in [5, 5.41) is 3.34. The van der Waals surface area contributed by atoms with Gasteiger partial charge in [0.2, 0.25) is 0 Å². The Kier molecular flexibility index (Phi) is 5.05. The normalized spacial score (nSPS) is 20.4. The summed E-state index contributed by atoms with van der Waals surface area (Å²) in [6.07, 6.45) is 1.33. The molecule has 0 spiro atoms. The van der Waals surface area contributed by atoms with Gasteiger partial charge in [-0.2, -0.15) is 0 Å². The van der Waals surface area contributed by atoms with Crippen molar-refractivity contribution in [2.24, 2.45) is 0 Å². The molecule has 1 aliphatic rings. The number of rotatable bonds is 1. The van der Waals surface area contributed by atoms with Gasteiger partial charge in [0, 0.05) is 25.4 Å². The maximum atomic E-state index is 11.2. The first kappa shape index (κ1) is 11.9. The number of hydrogen-bond acceptors (Lipinski definition) is 2. The third-order valence-electron chi connectivity index (χ3n) is 2.43. The minimum Gasteiger partial charge on any atom is -0.309 e. The lowest BCUT2D eigenvalue weighted by atomic mass is 9.97. The van der Waals surface area contributed by atoms with Crippen molar-refractivity contribution in [1.29, 1.82) is 0 Å².